The third kappa shape index (κ3) is 6.55. The first-order valence-corrected chi connectivity index (χ1v) is 12.1. The summed E-state index contributed by atoms with van der Waals surface area (Å²) in [7, 11) is 0. The maximum Gasteiger partial charge on any atom is 0.109 e. The molecule has 1 saturated heterocycles. The largest absolute Gasteiger partial charge is 0.395 e. The molecule has 0 radical (unpaired) electrons. The first-order valence-electron chi connectivity index (χ1n) is 11.7. The van der Waals surface area contributed by atoms with E-state index in [9.17, 15) is 20.4 Å². The smallest absolute Gasteiger partial charge is 0.109 e. The summed E-state index contributed by atoms with van der Waals surface area (Å²) in [6.45, 7) is 1.25. The molecule has 1 fully saturated rings. The Morgan fingerprint density at radius 2 is 1.71 bits per heavy atom. The summed E-state index contributed by atoms with van der Waals surface area (Å²) in [5, 5.41) is 51.7. The number of hydrogen-bond acceptors (Lipinski definition) is 8. The van der Waals surface area contributed by atoms with Gasteiger partial charge < -0.3 is 25.7 Å². The second-order valence-corrected chi connectivity index (χ2v) is 9.31. The van der Waals surface area contributed by atoms with Gasteiger partial charge in [0, 0.05) is 42.1 Å². The van der Waals surface area contributed by atoms with Gasteiger partial charge in [-0.25, -0.2) is 0 Å². The van der Waals surface area contributed by atoms with E-state index in [0.29, 0.717) is 18.0 Å². The number of aliphatic hydroxyl groups is 4. The molecule has 35 heavy (non-hydrogen) atoms. The lowest BCUT2D eigenvalue weighted by molar-refractivity contribution is -0.144. The van der Waals surface area contributed by atoms with Crippen molar-refractivity contribution in [3.63, 3.8) is 0 Å². The normalized spacial score (nSPS) is 22.8. The topological polar surface area (TPSA) is 122 Å². The Kier molecular flexibility index (Phi) is 8.67. The Bertz CT molecular complexity index is 1090. The lowest BCUT2D eigenvalue weighted by Crippen LogP contribution is -2.62. The van der Waals surface area contributed by atoms with E-state index in [1.807, 2.05) is 35.2 Å². The van der Waals surface area contributed by atoms with Crippen LogP contribution in [0.5, 0.6) is 0 Å². The standard InChI is InChI=1S/C26H31ClN4O4/c27-20-12-19(22-2-1-9-29-30-22)13-21(14-20)28-10-7-17-3-5-18(6-4-17)8-11-31-15-24(33)26(35)25(34)23(31)16-32/h1-6,9,12-14,23-26,28,32-35H,7-8,10-11,15-16H2/t23-,24+,25-,26-/m1/s1. The molecule has 4 atom stereocenters. The van der Waals surface area contributed by atoms with Crippen LogP contribution in [0, 0.1) is 0 Å². The Labute approximate surface area is 209 Å². The molecule has 3 aromatic rings. The van der Waals surface area contributed by atoms with Crippen molar-refractivity contribution in [2.45, 2.75) is 37.2 Å². The third-order valence-corrected chi connectivity index (χ3v) is 6.65. The van der Waals surface area contributed by atoms with Crippen LogP contribution in [-0.4, -0.2) is 86.1 Å². The van der Waals surface area contributed by atoms with Crippen molar-refractivity contribution in [1.82, 2.24) is 15.1 Å². The fraction of sp³-hybridized carbons (Fsp3) is 0.385. The first kappa shape index (κ1) is 25.5. The van der Waals surface area contributed by atoms with Crippen LogP contribution >= 0.6 is 11.6 Å². The van der Waals surface area contributed by atoms with Gasteiger partial charge in [0.15, 0.2) is 0 Å². The van der Waals surface area contributed by atoms with Crippen LogP contribution in [0.3, 0.4) is 0 Å². The fourth-order valence-corrected chi connectivity index (χ4v) is 4.66. The van der Waals surface area contributed by atoms with E-state index in [1.165, 1.54) is 5.56 Å². The zero-order valence-corrected chi connectivity index (χ0v) is 20.1. The molecule has 0 saturated carbocycles. The highest BCUT2D eigenvalue weighted by molar-refractivity contribution is 6.31. The molecular formula is C26H31ClN4O4. The molecule has 186 valence electrons. The lowest BCUT2D eigenvalue weighted by Gasteiger charge is -2.43. The molecule has 0 unspecified atom stereocenters. The van der Waals surface area contributed by atoms with Gasteiger partial charge in [-0.1, -0.05) is 35.9 Å². The number of anilines is 1. The number of halogens is 1. The molecule has 0 bridgehead atoms. The number of benzene rings is 2. The number of aliphatic hydroxyl groups excluding tert-OH is 4. The van der Waals surface area contributed by atoms with Gasteiger partial charge in [-0.3, -0.25) is 4.90 Å². The monoisotopic (exact) mass is 498 g/mol. The van der Waals surface area contributed by atoms with E-state index >= 15 is 0 Å². The van der Waals surface area contributed by atoms with E-state index in [0.717, 1.165) is 35.5 Å². The summed E-state index contributed by atoms with van der Waals surface area (Å²) in [4.78, 5) is 1.83. The van der Waals surface area contributed by atoms with Crippen molar-refractivity contribution in [2.24, 2.45) is 0 Å². The lowest BCUT2D eigenvalue weighted by atomic mass is 9.93. The number of likely N-dealkylation sites (tertiary alicyclic amines) is 1. The highest BCUT2D eigenvalue weighted by Crippen LogP contribution is 2.26. The quantitative estimate of drug-likeness (QED) is 0.302. The number of aromatic nitrogens is 2. The average molecular weight is 499 g/mol. The number of rotatable bonds is 9. The van der Waals surface area contributed by atoms with Gasteiger partial charge in [0.05, 0.1) is 24.4 Å². The van der Waals surface area contributed by atoms with Crippen LogP contribution in [0.2, 0.25) is 5.02 Å². The summed E-state index contributed by atoms with van der Waals surface area (Å²) in [6, 6.07) is 17.2. The summed E-state index contributed by atoms with van der Waals surface area (Å²) in [6.07, 6.45) is -0.256. The second kappa shape index (κ2) is 11.9. The van der Waals surface area contributed by atoms with E-state index in [-0.39, 0.29) is 13.2 Å². The molecule has 1 aliphatic rings. The Hall–Kier alpha value is -2.59. The molecule has 5 N–H and O–H groups in total. The maximum atomic E-state index is 10.1. The molecule has 0 aliphatic carbocycles. The molecule has 1 aliphatic heterocycles. The van der Waals surface area contributed by atoms with Crippen LogP contribution in [0.25, 0.3) is 11.3 Å². The number of piperidine rings is 1. The predicted molar refractivity (Wildman–Crippen MR) is 135 cm³/mol. The zero-order chi connectivity index (χ0) is 24.8. The number of nitrogens with one attached hydrogen (secondary N) is 1. The minimum Gasteiger partial charge on any atom is -0.395 e. The molecule has 4 rings (SSSR count). The Balaban J connectivity index is 1.28. The van der Waals surface area contributed by atoms with E-state index in [4.69, 9.17) is 11.6 Å². The van der Waals surface area contributed by atoms with Crippen LogP contribution in [-0.2, 0) is 12.8 Å². The van der Waals surface area contributed by atoms with Crippen molar-refractivity contribution in [3.8, 4) is 11.3 Å². The van der Waals surface area contributed by atoms with Crippen LogP contribution in [0.15, 0.2) is 60.8 Å². The average Bonchev–Trinajstić information content (AvgIpc) is 2.87. The molecule has 0 spiro atoms. The van der Waals surface area contributed by atoms with Gasteiger partial charge in [-0.2, -0.15) is 10.2 Å². The van der Waals surface area contributed by atoms with Gasteiger partial charge >= 0.3 is 0 Å². The highest BCUT2D eigenvalue weighted by Gasteiger charge is 2.40. The van der Waals surface area contributed by atoms with Gasteiger partial charge in [0.2, 0.25) is 0 Å². The van der Waals surface area contributed by atoms with Crippen molar-refractivity contribution in [1.29, 1.82) is 0 Å². The number of β-amino-alcohol motifs (C(OH)–C–C–N with tert-alkyl or cyclic N) is 1. The second-order valence-electron chi connectivity index (χ2n) is 8.87. The van der Waals surface area contributed by atoms with Crippen molar-refractivity contribution in [2.75, 3.05) is 31.6 Å². The summed E-state index contributed by atoms with van der Waals surface area (Å²) >= 11 is 6.29. The molecule has 9 heteroatoms. The SMILES string of the molecule is OC[C@@H]1[C@@H](O)[C@H](O)[C@@H](O)CN1CCc1ccc(CCNc2cc(Cl)cc(-c3cccnn3)c2)cc1. The number of nitrogens with zero attached hydrogens (tertiary/aromatic N) is 3. The van der Waals surface area contributed by atoms with Crippen molar-refractivity contribution >= 4 is 17.3 Å². The molecule has 1 aromatic heterocycles. The molecule has 0 amide bonds. The van der Waals surface area contributed by atoms with Gasteiger partial charge in [0.25, 0.3) is 0 Å². The molecular weight excluding hydrogens is 468 g/mol. The van der Waals surface area contributed by atoms with Crippen molar-refractivity contribution < 1.29 is 20.4 Å². The predicted octanol–water partition coefficient (Wildman–Crippen LogP) is 1.75. The van der Waals surface area contributed by atoms with Crippen LogP contribution in [0.4, 0.5) is 5.69 Å². The fourth-order valence-electron chi connectivity index (χ4n) is 4.43. The van der Waals surface area contributed by atoms with E-state index in [1.54, 1.807) is 6.20 Å². The van der Waals surface area contributed by atoms with Crippen LogP contribution in [0.1, 0.15) is 11.1 Å². The van der Waals surface area contributed by atoms with Crippen molar-refractivity contribution in [3.05, 3.63) is 76.9 Å². The zero-order valence-electron chi connectivity index (χ0n) is 19.3. The molecule has 8 nitrogen and oxygen atoms in total. The minimum absolute atomic E-state index is 0.218. The maximum absolute atomic E-state index is 10.1. The summed E-state index contributed by atoms with van der Waals surface area (Å²) < 4.78 is 0. The van der Waals surface area contributed by atoms with E-state index < -0.39 is 24.4 Å². The number of hydrogen-bond donors (Lipinski definition) is 5. The van der Waals surface area contributed by atoms with Gasteiger partial charge in [-0.05, 0) is 54.3 Å². The summed E-state index contributed by atoms with van der Waals surface area (Å²) in [5.74, 6) is 0. The van der Waals surface area contributed by atoms with E-state index in [2.05, 4.69) is 39.8 Å². The molecule has 2 aromatic carbocycles. The highest BCUT2D eigenvalue weighted by atomic mass is 35.5. The first-order chi connectivity index (χ1) is 16.9. The Morgan fingerprint density at radius 3 is 2.40 bits per heavy atom. The minimum atomic E-state index is -1.23. The van der Waals surface area contributed by atoms with Crippen LogP contribution < -0.4 is 5.32 Å². The third-order valence-electron chi connectivity index (χ3n) is 6.44. The van der Waals surface area contributed by atoms with Gasteiger partial charge in [0.1, 0.15) is 12.2 Å². The Morgan fingerprint density at radius 1 is 0.971 bits per heavy atom. The molecule has 2 heterocycles. The summed E-state index contributed by atoms with van der Waals surface area (Å²) in [5.41, 5.74) is 4.91. The van der Waals surface area contributed by atoms with Gasteiger partial charge in [-0.15, -0.1) is 0 Å².